The minimum atomic E-state index is 1.26. The lowest BCUT2D eigenvalue weighted by molar-refractivity contribution is 0.683. The van der Waals surface area contributed by atoms with Gasteiger partial charge in [0.1, 0.15) is 0 Å². The molecule has 0 bridgehead atoms. The van der Waals surface area contributed by atoms with Crippen LogP contribution < -0.4 is 5.32 Å². The van der Waals surface area contributed by atoms with E-state index in [9.17, 15) is 0 Å². The van der Waals surface area contributed by atoms with E-state index in [-0.39, 0.29) is 0 Å². The maximum Gasteiger partial charge on any atom is 0.0373 e. The zero-order chi connectivity index (χ0) is 9.26. The van der Waals surface area contributed by atoms with Gasteiger partial charge in [-0.1, -0.05) is 6.07 Å². The fourth-order valence-corrected chi connectivity index (χ4v) is 2.28. The highest BCUT2D eigenvalue weighted by atomic mass is 14.8. The molecule has 0 heterocycles. The first kappa shape index (κ1) is 8.61. The second kappa shape index (κ2) is 3.41. The van der Waals surface area contributed by atoms with Gasteiger partial charge >= 0.3 is 0 Å². The molecular formula is C12H17N. The van der Waals surface area contributed by atoms with Gasteiger partial charge < -0.3 is 5.32 Å². The summed E-state index contributed by atoms with van der Waals surface area (Å²) in [7, 11) is 2.01. The molecule has 0 aliphatic heterocycles. The average molecular weight is 175 g/mol. The van der Waals surface area contributed by atoms with Gasteiger partial charge in [0.15, 0.2) is 0 Å². The van der Waals surface area contributed by atoms with Crippen LogP contribution in [0.5, 0.6) is 0 Å². The molecule has 1 aromatic carbocycles. The zero-order valence-corrected chi connectivity index (χ0v) is 8.48. The van der Waals surface area contributed by atoms with Crippen LogP contribution in [0.2, 0.25) is 0 Å². The minimum Gasteiger partial charge on any atom is -0.388 e. The van der Waals surface area contributed by atoms with Gasteiger partial charge in [0.25, 0.3) is 0 Å². The van der Waals surface area contributed by atoms with Gasteiger partial charge in [-0.3, -0.25) is 0 Å². The van der Waals surface area contributed by atoms with Crippen molar-refractivity contribution in [2.24, 2.45) is 0 Å². The Labute approximate surface area is 80.2 Å². The zero-order valence-electron chi connectivity index (χ0n) is 8.48. The number of anilines is 1. The van der Waals surface area contributed by atoms with Crippen molar-refractivity contribution in [1.29, 1.82) is 0 Å². The lowest BCUT2D eigenvalue weighted by Gasteiger charge is -2.21. The molecule has 1 N–H and O–H groups in total. The smallest absolute Gasteiger partial charge is 0.0373 e. The third-order valence-corrected chi connectivity index (χ3v) is 3.04. The van der Waals surface area contributed by atoms with Crippen molar-refractivity contribution in [3.05, 3.63) is 28.8 Å². The third kappa shape index (κ3) is 1.43. The maximum absolute atomic E-state index is 3.28. The van der Waals surface area contributed by atoms with E-state index >= 15 is 0 Å². The quantitative estimate of drug-likeness (QED) is 0.692. The molecule has 1 aromatic rings. The van der Waals surface area contributed by atoms with Gasteiger partial charge in [-0.15, -0.1) is 0 Å². The second-order valence-electron chi connectivity index (χ2n) is 3.84. The van der Waals surface area contributed by atoms with Crippen LogP contribution in [0, 0.1) is 6.92 Å². The van der Waals surface area contributed by atoms with Gasteiger partial charge in [0.05, 0.1) is 0 Å². The predicted octanol–water partition coefficient (Wildman–Crippen LogP) is 2.92. The third-order valence-electron chi connectivity index (χ3n) is 3.04. The molecule has 0 spiro atoms. The Bertz CT molecular complexity index is 315. The number of benzene rings is 1. The number of rotatable bonds is 1. The Morgan fingerprint density at radius 3 is 2.46 bits per heavy atom. The van der Waals surface area contributed by atoms with E-state index in [4.69, 9.17) is 0 Å². The molecule has 0 unspecified atom stereocenters. The largest absolute Gasteiger partial charge is 0.388 e. The fraction of sp³-hybridized carbons (Fsp3) is 0.500. The number of aryl methyl sites for hydroxylation is 1. The molecule has 0 atom stereocenters. The Morgan fingerprint density at radius 1 is 1.08 bits per heavy atom. The average Bonchev–Trinajstić information content (AvgIpc) is 2.19. The van der Waals surface area contributed by atoms with Crippen LogP contribution in [-0.2, 0) is 12.8 Å². The second-order valence-corrected chi connectivity index (χ2v) is 3.84. The van der Waals surface area contributed by atoms with Crippen molar-refractivity contribution >= 4 is 5.69 Å². The first-order valence-electron chi connectivity index (χ1n) is 5.12. The Morgan fingerprint density at radius 2 is 1.77 bits per heavy atom. The Balaban J connectivity index is 2.52. The van der Waals surface area contributed by atoms with E-state index in [1.54, 1.807) is 11.1 Å². The van der Waals surface area contributed by atoms with Gasteiger partial charge in [-0.25, -0.2) is 0 Å². The van der Waals surface area contributed by atoms with Crippen LogP contribution in [0.1, 0.15) is 29.5 Å². The standard InChI is InChI=1S/C12H17N/c1-9-7-8-12(13-2)11-6-4-3-5-10(9)11/h7-8,13H,3-6H2,1-2H3. The molecule has 70 valence electrons. The molecule has 0 fully saturated rings. The monoisotopic (exact) mass is 175 g/mol. The molecule has 0 aromatic heterocycles. The van der Waals surface area contributed by atoms with E-state index < -0.39 is 0 Å². The van der Waals surface area contributed by atoms with Crippen LogP contribution in [0.3, 0.4) is 0 Å². The highest BCUT2D eigenvalue weighted by Crippen LogP contribution is 2.29. The minimum absolute atomic E-state index is 1.26. The van der Waals surface area contributed by atoms with E-state index in [0.717, 1.165) is 0 Å². The van der Waals surface area contributed by atoms with Crippen LogP contribution in [-0.4, -0.2) is 7.05 Å². The molecule has 1 aliphatic rings. The van der Waals surface area contributed by atoms with Gasteiger partial charge in [-0.2, -0.15) is 0 Å². The number of fused-ring (bicyclic) bond motifs is 1. The van der Waals surface area contributed by atoms with E-state index in [0.29, 0.717) is 0 Å². The Kier molecular flexibility index (Phi) is 2.26. The lowest BCUT2D eigenvalue weighted by Crippen LogP contribution is -2.07. The van der Waals surface area contributed by atoms with Crippen LogP contribution in [0.15, 0.2) is 12.1 Å². The van der Waals surface area contributed by atoms with Gasteiger partial charge in [0.2, 0.25) is 0 Å². The summed E-state index contributed by atoms with van der Waals surface area (Å²) >= 11 is 0. The van der Waals surface area contributed by atoms with Crippen LogP contribution >= 0.6 is 0 Å². The first-order chi connectivity index (χ1) is 6.33. The molecule has 2 rings (SSSR count). The van der Waals surface area contributed by atoms with E-state index in [2.05, 4.69) is 24.4 Å². The first-order valence-corrected chi connectivity index (χ1v) is 5.12. The topological polar surface area (TPSA) is 12.0 Å². The summed E-state index contributed by atoms with van der Waals surface area (Å²) in [6, 6.07) is 4.44. The molecule has 1 nitrogen and oxygen atoms in total. The van der Waals surface area contributed by atoms with Crippen LogP contribution in [0.25, 0.3) is 0 Å². The van der Waals surface area contributed by atoms with Gasteiger partial charge in [-0.05, 0) is 55.4 Å². The summed E-state index contributed by atoms with van der Waals surface area (Å²) in [5.74, 6) is 0. The summed E-state index contributed by atoms with van der Waals surface area (Å²) in [4.78, 5) is 0. The van der Waals surface area contributed by atoms with Gasteiger partial charge in [0, 0.05) is 12.7 Å². The fourth-order valence-electron chi connectivity index (χ4n) is 2.28. The predicted molar refractivity (Wildman–Crippen MR) is 57.4 cm³/mol. The molecule has 13 heavy (non-hydrogen) atoms. The van der Waals surface area contributed by atoms with Crippen molar-refractivity contribution in [2.75, 3.05) is 12.4 Å². The summed E-state index contributed by atoms with van der Waals surface area (Å²) in [5.41, 5.74) is 5.96. The summed E-state index contributed by atoms with van der Waals surface area (Å²) in [6.07, 6.45) is 5.25. The number of hydrogen-bond acceptors (Lipinski definition) is 1. The Hall–Kier alpha value is -0.980. The van der Waals surface area contributed by atoms with Crippen molar-refractivity contribution in [2.45, 2.75) is 32.6 Å². The van der Waals surface area contributed by atoms with Crippen molar-refractivity contribution < 1.29 is 0 Å². The summed E-state index contributed by atoms with van der Waals surface area (Å²) in [6.45, 7) is 2.23. The number of hydrogen-bond donors (Lipinski definition) is 1. The molecule has 0 amide bonds. The maximum atomic E-state index is 3.28. The summed E-state index contributed by atoms with van der Waals surface area (Å²) in [5, 5.41) is 3.28. The van der Waals surface area contributed by atoms with Crippen molar-refractivity contribution in [1.82, 2.24) is 0 Å². The summed E-state index contributed by atoms with van der Waals surface area (Å²) < 4.78 is 0. The SMILES string of the molecule is CNc1ccc(C)c2c1CCCC2. The molecular weight excluding hydrogens is 158 g/mol. The molecule has 0 radical (unpaired) electrons. The molecule has 0 saturated heterocycles. The molecule has 0 saturated carbocycles. The normalized spacial score (nSPS) is 15.2. The van der Waals surface area contributed by atoms with Crippen LogP contribution in [0.4, 0.5) is 5.69 Å². The van der Waals surface area contributed by atoms with E-state index in [1.807, 2.05) is 7.05 Å². The molecule has 1 heteroatoms. The lowest BCUT2D eigenvalue weighted by atomic mass is 9.87. The van der Waals surface area contributed by atoms with Crippen molar-refractivity contribution in [3.63, 3.8) is 0 Å². The van der Waals surface area contributed by atoms with E-state index in [1.165, 1.54) is 36.9 Å². The molecule has 1 aliphatic carbocycles. The highest BCUT2D eigenvalue weighted by molar-refractivity contribution is 5.57. The number of nitrogens with one attached hydrogen (secondary N) is 1. The van der Waals surface area contributed by atoms with Crippen molar-refractivity contribution in [3.8, 4) is 0 Å². The highest BCUT2D eigenvalue weighted by Gasteiger charge is 2.13.